The van der Waals surface area contributed by atoms with Crippen molar-refractivity contribution in [3.8, 4) is 11.5 Å². The van der Waals surface area contributed by atoms with Crippen LogP contribution >= 0.6 is 0 Å². The van der Waals surface area contributed by atoms with Gasteiger partial charge in [0.25, 0.3) is 5.91 Å². The Hall–Kier alpha value is -1.94. The van der Waals surface area contributed by atoms with Crippen molar-refractivity contribution >= 4 is 15.7 Å². The molecule has 0 bridgehead atoms. The number of sulfone groups is 1. The smallest absolute Gasteiger partial charge is 0.387 e. The number of halogens is 2. The third kappa shape index (κ3) is 4.67. The lowest BCUT2D eigenvalue weighted by Gasteiger charge is -2.37. The number of hydrogen-bond acceptors (Lipinski definition) is 6. The van der Waals surface area contributed by atoms with E-state index < -0.39 is 16.4 Å². The normalized spacial score (nSPS) is 22.8. The van der Waals surface area contributed by atoms with Crippen LogP contribution in [-0.4, -0.2) is 81.6 Å². The van der Waals surface area contributed by atoms with Gasteiger partial charge in [-0.15, -0.1) is 0 Å². The van der Waals surface area contributed by atoms with Gasteiger partial charge in [-0.1, -0.05) is 0 Å². The second kappa shape index (κ2) is 7.97. The molecule has 0 aliphatic carbocycles. The van der Waals surface area contributed by atoms with Crippen molar-refractivity contribution in [2.24, 2.45) is 0 Å². The first kappa shape index (κ1) is 19.8. The van der Waals surface area contributed by atoms with Crippen LogP contribution in [0, 0.1) is 0 Å². The lowest BCUT2D eigenvalue weighted by molar-refractivity contribution is -0.0512. The van der Waals surface area contributed by atoms with Crippen molar-refractivity contribution in [2.75, 3.05) is 44.8 Å². The van der Waals surface area contributed by atoms with Gasteiger partial charge >= 0.3 is 6.61 Å². The van der Waals surface area contributed by atoms with E-state index in [2.05, 4.69) is 9.64 Å². The van der Waals surface area contributed by atoms with Gasteiger partial charge in [-0.25, -0.2) is 8.42 Å². The minimum atomic E-state index is -2.98. The molecule has 0 N–H and O–H groups in total. The highest BCUT2D eigenvalue weighted by Gasteiger charge is 2.34. The molecule has 27 heavy (non-hydrogen) atoms. The molecule has 150 valence electrons. The fourth-order valence-corrected chi connectivity index (χ4v) is 5.29. The maximum absolute atomic E-state index is 12.7. The molecule has 0 aromatic heterocycles. The highest BCUT2D eigenvalue weighted by Crippen LogP contribution is 2.30. The largest absolute Gasteiger partial charge is 0.493 e. The van der Waals surface area contributed by atoms with Gasteiger partial charge in [0, 0.05) is 37.8 Å². The zero-order valence-electron chi connectivity index (χ0n) is 14.9. The summed E-state index contributed by atoms with van der Waals surface area (Å²) in [6.07, 6.45) is 0.638. The van der Waals surface area contributed by atoms with Crippen LogP contribution in [0.2, 0.25) is 0 Å². The van der Waals surface area contributed by atoms with Crippen LogP contribution in [0.15, 0.2) is 18.2 Å². The molecule has 1 aromatic rings. The van der Waals surface area contributed by atoms with Gasteiger partial charge in [0.1, 0.15) is 0 Å². The number of carbonyl (C=O) groups excluding carboxylic acids is 1. The van der Waals surface area contributed by atoms with E-state index in [0.717, 1.165) is 0 Å². The van der Waals surface area contributed by atoms with E-state index in [9.17, 15) is 22.0 Å². The van der Waals surface area contributed by atoms with Gasteiger partial charge in [0.15, 0.2) is 21.3 Å². The number of alkyl halides is 2. The lowest BCUT2D eigenvalue weighted by Crippen LogP contribution is -2.52. The third-order valence-electron chi connectivity index (χ3n) is 4.95. The summed E-state index contributed by atoms with van der Waals surface area (Å²) in [5, 5.41) is 0. The van der Waals surface area contributed by atoms with Crippen molar-refractivity contribution in [2.45, 2.75) is 19.1 Å². The second-order valence-electron chi connectivity index (χ2n) is 6.63. The molecular formula is C17H22F2N2O5S. The molecule has 2 heterocycles. The molecule has 0 unspecified atom stereocenters. The van der Waals surface area contributed by atoms with Crippen LogP contribution in [0.1, 0.15) is 16.8 Å². The number of rotatable bonds is 5. The quantitative estimate of drug-likeness (QED) is 0.735. The molecule has 1 atom stereocenters. The van der Waals surface area contributed by atoms with Crippen LogP contribution in [0.3, 0.4) is 0 Å². The molecule has 1 aromatic carbocycles. The van der Waals surface area contributed by atoms with Crippen LogP contribution in [-0.2, 0) is 9.84 Å². The molecule has 10 heteroatoms. The van der Waals surface area contributed by atoms with E-state index in [1.165, 1.54) is 25.3 Å². The van der Waals surface area contributed by atoms with Gasteiger partial charge in [0.05, 0.1) is 18.6 Å². The van der Waals surface area contributed by atoms with Gasteiger partial charge in [0.2, 0.25) is 0 Å². The summed E-state index contributed by atoms with van der Waals surface area (Å²) in [6, 6.07) is 4.13. The van der Waals surface area contributed by atoms with Gasteiger partial charge in [-0.3, -0.25) is 9.69 Å². The summed E-state index contributed by atoms with van der Waals surface area (Å²) in [6.45, 7) is -0.807. The summed E-state index contributed by atoms with van der Waals surface area (Å²) < 4.78 is 57.5. The molecule has 2 aliphatic heterocycles. The molecule has 0 spiro atoms. The predicted molar refractivity (Wildman–Crippen MR) is 94.2 cm³/mol. The van der Waals surface area contributed by atoms with Crippen LogP contribution in [0.4, 0.5) is 8.78 Å². The Morgan fingerprint density at radius 2 is 1.89 bits per heavy atom. The predicted octanol–water partition coefficient (Wildman–Crippen LogP) is 1.24. The fourth-order valence-electron chi connectivity index (χ4n) is 3.53. The summed E-state index contributed by atoms with van der Waals surface area (Å²) in [7, 11) is -1.62. The Labute approximate surface area is 156 Å². The highest BCUT2D eigenvalue weighted by molar-refractivity contribution is 7.91. The Balaban J connectivity index is 1.62. The van der Waals surface area contributed by atoms with E-state index in [0.29, 0.717) is 38.2 Å². The van der Waals surface area contributed by atoms with Crippen molar-refractivity contribution in [3.63, 3.8) is 0 Å². The number of benzene rings is 1. The Kier molecular flexibility index (Phi) is 5.85. The minimum Gasteiger partial charge on any atom is -0.493 e. The van der Waals surface area contributed by atoms with Gasteiger partial charge in [-0.05, 0) is 24.6 Å². The van der Waals surface area contributed by atoms with Crippen LogP contribution in [0.5, 0.6) is 11.5 Å². The second-order valence-corrected chi connectivity index (χ2v) is 8.86. The molecular weight excluding hydrogens is 382 g/mol. The van der Waals surface area contributed by atoms with Gasteiger partial charge in [-0.2, -0.15) is 8.78 Å². The summed E-state index contributed by atoms with van der Waals surface area (Å²) in [5.74, 6) is 0.121. The molecule has 7 nitrogen and oxygen atoms in total. The number of methoxy groups -OCH3 is 1. The minimum absolute atomic E-state index is 0.0260. The Morgan fingerprint density at radius 3 is 2.44 bits per heavy atom. The molecule has 2 fully saturated rings. The Bertz CT molecular complexity index is 795. The molecule has 3 rings (SSSR count). The number of ether oxygens (including phenoxy) is 2. The van der Waals surface area contributed by atoms with E-state index >= 15 is 0 Å². The van der Waals surface area contributed by atoms with Gasteiger partial charge < -0.3 is 14.4 Å². The molecule has 2 aliphatic rings. The topological polar surface area (TPSA) is 76.2 Å². The van der Waals surface area contributed by atoms with E-state index in [4.69, 9.17) is 4.74 Å². The first-order valence-corrected chi connectivity index (χ1v) is 10.5. The number of amides is 1. The molecule has 1 amide bonds. The standard InChI is InChI=1S/C17H22F2N2O5S/c1-25-15-10-12(2-3-14(15)26-17(18)19)16(22)21-7-5-20(6-8-21)13-4-9-27(23,24)11-13/h2-3,10,13,17H,4-9,11H2,1H3/t13-/m1/s1. The monoisotopic (exact) mass is 404 g/mol. The maximum Gasteiger partial charge on any atom is 0.387 e. The van der Waals surface area contributed by atoms with Crippen LogP contribution in [0.25, 0.3) is 0 Å². The highest BCUT2D eigenvalue weighted by atomic mass is 32.2. The molecule has 2 saturated heterocycles. The van der Waals surface area contributed by atoms with Crippen molar-refractivity contribution < 1.29 is 31.5 Å². The summed E-state index contributed by atoms with van der Waals surface area (Å²) in [4.78, 5) is 16.5. The lowest BCUT2D eigenvalue weighted by atomic mass is 10.1. The van der Waals surface area contributed by atoms with E-state index in [-0.39, 0.29) is 35.0 Å². The third-order valence-corrected chi connectivity index (χ3v) is 6.70. The number of hydrogen-bond donors (Lipinski definition) is 0. The Morgan fingerprint density at radius 1 is 1.19 bits per heavy atom. The van der Waals surface area contributed by atoms with E-state index in [1.807, 2.05) is 0 Å². The zero-order chi connectivity index (χ0) is 19.6. The number of piperazine rings is 1. The number of nitrogens with zero attached hydrogens (tertiary/aromatic N) is 2. The van der Waals surface area contributed by atoms with E-state index in [1.54, 1.807) is 4.90 Å². The summed E-state index contributed by atoms with van der Waals surface area (Å²) in [5.41, 5.74) is 0.324. The average molecular weight is 404 g/mol. The SMILES string of the molecule is COc1cc(C(=O)N2CCN([C@@H]3CCS(=O)(=O)C3)CC2)ccc1OC(F)F. The fraction of sp³-hybridized carbons (Fsp3) is 0.588. The maximum atomic E-state index is 12.7. The zero-order valence-corrected chi connectivity index (χ0v) is 15.8. The average Bonchev–Trinajstić information content (AvgIpc) is 3.01. The molecule has 0 saturated carbocycles. The van der Waals surface area contributed by atoms with Crippen molar-refractivity contribution in [3.05, 3.63) is 23.8 Å². The van der Waals surface area contributed by atoms with Crippen LogP contribution < -0.4 is 9.47 Å². The van der Waals surface area contributed by atoms with Crippen molar-refractivity contribution in [1.29, 1.82) is 0 Å². The van der Waals surface area contributed by atoms with Crippen molar-refractivity contribution in [1.82, 2.24) is 9.80 Å². The first-order chi connectivity index (χ1) is 12.8. The summed E-state index contributed by atoms with van der Waals surface area (Å²) >= 11 is 0. The molecule has 0 radical (unpaired) electrons. The first-order valence-electron chi connectivity index (χ1n) is 8.65. The number of carbonyl (C=O) groups is 1.